The summed E-state index contributed by atoms with van der Waals surface area (Å²) >= 11 is 2.87. The summed E-state index contributed by atoms with van der Waals surface area (Å²) in [7, 11) is 0. The normalized spacial score (nSPS) is 11.6. The summed E-state index contributed by atoms with van der Waals surface area (Å²) < 4.78 is 62.8. The van der Waals surface area contributed by atoms with Gasteiger partial charge in [0.1, 0.15) is 17.3 Å². The van der Waals surface area contributed by atoms with Crippen LogP contribution in [0.2, 0.25) is 0 Å². The van der Waals surface area contributed by atoms with E-state index in [1.54, 1.807) is 0 Å². The first kappa shape index (κ1) is 13.8. The van der Waals surface area contributed by atoms with Gasteiger partial charge in [-0.2, -0.15) is 18.4 Å². The number of hydrogen-bond donors (Lipinski definition) is 0. The molecule has 0 bridgehead atoms. The highest BCUT2D eigenvalue weighted by atomic mass is 79.9. The zero-order valence-corrected chi connectivity index (χ0v) is 9.61. The van der Waals surface area contributed by atoms with Crippen LogP contribution in [0.3, 0.4) is 0 Å². The summed E-state index contributed by atoms with van der Waals surface area (Å²) in [4.78, 5) is 3.07. The van der Waals surface area contributed by atoms with Crippen LogP contribution in [-0.4, -0.2) is 4.98 Å². The lowest BCUT2D eigenvalue weighted by Crippen LogP contribution is -2.15. The van der Waals surface area contributed by atoms with Crippen LogP contribution < -0.4 is 0 Å². The Morgan fingerprint density at radius 2 is 2.00 bits per heavy atom. The molecule has 1 rings (SSSR count). The zero-order valence-electron chi connectivity index (χ0n) is 8.02. The summed E-state index contributed by atoms with van der Waals surface area (Å²) in [6.07, 6.45) is -7.59. The van der Waals surface area contributed by atoms with E-state index in [0.717, 1.165) is 6.20 Å². The Bertz CT molecular complexity index is 464. The number of aromatic nitrogens is 1. The summed E-state index contributed by atoms with van der Waals surface area (Å²) in [6, 6.07) is 1.29. The minimum absolute atomic E-state index is 0.0739. The highest BCUT2D eigenvalue weighted by Gasteiger charge is 2.40. The molecule has 0 aliphatic carbocycles. The number of rotatable bonds is 2. The average molecular weight is 315 g/mol. The minimum atomic E-state index is -5.04. The summed E-state index contributed by atoms with van der Waals surface area (Å²) in [6.45, 7) is 0. The predicted octanol–water partition coefficient (Wildman–Crippen LogP) is 3.80. The molecule has 1 heterocycles. The van der Waals surface area contributed by atoms with Crippen molar-refractivity contribution in [3.8, 4) is 6.07 Å². The number of halogens is 6. The first-order valence-electron chi connectivity index (χ1n) is 4.16. The molecule has 0 spiro atoms. The number of nitrogens with zero attached hydrogens (tertiary/aromatic N) is 2. The number of pyridine rings is 1. The molecule has 0 N–H and O–H groups in total. The van der Waals surface area contributed by atoms with Crippen LogP contribution in [0.25, 0.3) is 0 Å². The largest absolute Gasteiger partial charge is 0.419 e. The first-order chi connectivity index (χ1) is 7.82. The second-order valence-corrected chi connectivity index (χ2v) is 3.52. The lowest BCUT2D eigenvalue weighted by molar-refractivity contribution is -0.140. The standard InChI is InChI=1S/C9H4BrF5N2/c10-1-4-3-17-7(8(11)12)6(5(4)2-16)9(13,14)15/h3,8H,1H2. The van der Waals surface area contributed by atoms with Gasteiger partial charge < -0.3 is 0 Å². The molecular formula is C9H4BrF5N2. The SMILES string of the molecule is N#Cc1c(CBr)cnc(C(F)F)c1C(F)(F)F. The van der Waals surface area contributed by atoms with Crippen LogP contribution in [0.15, 0.2) is 6.20 Å². The second kappa shape index (κ2) is 4.96. The quantitative estimate of drug-likeness (QED) is 0.615. The van der Waals surface area contributed by atoms with Gasteiger partial charge >= 0.3 is 6.18 Å². The lowest BCUT2D eigenvalue weighted by atomic mass is 10.0. The van der Waals surface area contributed by atoms with Crippen molar-refractivity contribution in [2.75, 3.05) is 0 Å². The average Bonchev–Trinajstić information content (AvgIpc) is 2.25. The maximum Gasteiger partial charge on any atom is 0.419 e. The molecule has 0 fully saturated rings. The van der Waals surface area contributed by atoms with Crippen molar-refractivity contribution in [1.29, 1.82) is 5.26 Å². The van der Waals surface area contributed by atoms with E-state index in [0.29, 0.717) is 0 Å². The molecule has 0 amide bonds. The summed E-state index contributed by atoms with van der Waals surface area (Å²) in [5.74, 6) is 0. The summed E-state index contributed by atoms with van der Waals surface area (Å²) in [5.41, 5.74) is -3.98. The van der Waals surface area contributed by atoms with Crippen molar-refractivity contribution < 1.29 is 22.0 Å². The second-order valence-electron chi connectivity index (χ2n) is 2.96. The Morgan fingerprint density at radius 3 is 2.35 bits per heavy atom. The molecule has 1 aromatic rings. The number of alkyl halides is 6. The predicted molar refractivity (Wildman–Crippen MR) is 51.5 cm³/mol. The monoisotopic (exact) mass is 314 g/mol. The molecule has 0 saturated heterocycles. The Labute approximate surface area is 101 Å². The Hall–Kier alpha value is -1.23. The highest BCUT2D eigenvalue weighted by molar-refractivity contribution is 9.08. The van der Waals surface area contributed by atoms with Crippen molar-refractivity contribution in [2.45, 2.75) is 17.9 Å². The van der Waals surface area contributed by atoms with Crippen molar-refractivity contribution in [3.63, 3.8) is 0 Å². The smallest absolute Gasteiger partial charge is 0.254 e. The fourth-order valence-corrected chi connectivity index (χ4v) is 1.67. The number of hydrogen-bond acceptors (Lipinski definition) is 2. The van der Waals surface area contributed by atoms with Crippen LogP contribution in [0.1, 0.15) is 28.8 Å². The maximum absolute atomic E-state index is 12.6. The Balaban J connectivity index is 3.64. The molecule has 0 saturated carbocycles. The minimum Gasteiger partial charge on any atom is -0.254 e. The highest BCUT2D eigenvalue weighted by Crippen LogP contribution is 2.38. The van der Waals surface area contributed by atoms with Gasteiger partial charge in [0, 0.05) is 11.5 Å². The van der Waals surface area contributed by atoms with Gasteiger partial charge in [-0.05, 0) is 5.56 Å². The third-order valence-corrected chi connectivity index (χ3v) is 2.54. The van der Waals surface area contributed by atoms with Crippen LogP contribution >= 0.6 is 15.9 Å². The van der Waals surface area contributed by atoms with Gasteiger partial charge in [-0.1, -0.05) is 15.9 Å². The topological polar surface area (TPSA) is 36.7 Å². The van der Waals surface area contributed by atoms with E-state index in [2.05, 4.69) is 20.9 Å². The van der Waals surface area contributed by atoms with Gasteiger partial charge in [0.2, 0.25) is 0 Å². The first-order valence-corrected chi connectivity index (χ1v) is 5.28. The van der Waals surface area contributed by atoms with E-state index in [1.165, 1.54) is 6.07 Å². The van der Waals surface area contributed by atoms with E-state index in [9.17, 15) is 22.0 Å². The van der Waals surface area contributed by atoms with Crippen LogP contribution in [0.5, 0.6) is 0 Å². The molecule has 17 heavy (non-hydrogen) atoms. The fraction of sp³-hybridized carbons (Fsp3) is 0.333. The molecule has 8 heteroatoms. The molecule has 0 aromatic carbocycles. The van der Waals surface area contributed by atoms with Crippen LogP contribution in [-0.2, 0) is 11.5 Å². The van der Waals surface area contributed by atoms with E-state index in [1.807, 2.05) is 0 Å². The van der Waals surface area contributed by atoms with Crippen LogP contribution in [0, 0.1) is 11.3 Å². The fourth-order valence-electron chi connectivity index (χ4n) is 1.25. The Kier molecular flexibility index (Phi) is 4.03. The molecule has 1 aromatic heterocycles. The van der Waals surface area contributed by atoms with Gasteiger partial charge in [0.05, 0.1) is 5.56 Å². The van der Waals surface area contributed by atoms with E-state index in [-0.39, 0.29) is 10.9 Å². The number of nitriles is 1. The van der Waals surface area contributed by atoms with Crippen LogP contribution in [0.4, 0.5) is 22.0 Å². The third kappa shape index (κ3) is 2.72. The molecule has 0 aliphatic heterocycles. The van der Waals surface area contributed by atoms with Crippen molar-refractivity contribution >= 4 is 15.9 Å². The van der Waals surface area contributed by atoms with Crippen molar-refractivity contribution in [1.82, 2.24) is 4.98 Å². The molecule has 0 unspecified atom stereocenters. The van der Waals surface area contributed by atoms with Crippen molar-refractivity contribution in [2.24, 2.45) is 0 Å². The van der Waals surface area contributed by atoms with Gasteiger partial charge in [-0.25, -0.2) is 8.78 Å². The lowest BCUT2D eigenvalue weighted by Gasteiger charge is -2.14. The molecular weight excluding hydrogens is 311 g/mol. The molecule has 0 aliphatic rings. The molecule has 2 nitrogen and oxygen atoms in total. The van der Waals surface area contributed by atoms with Gasteiger partial charge in [-0.15, -0.1) is 0 Å². The third-order valence-electron chi connectivity index (χ3n) is 1.93. The van der Waals surface area contributed by atoms with Crippen molar-refractivity contribution in [3.05, 3.63) is 28.6 Å². The maximum atomic E-state index is 12.6. The molecule has 0 atom stereocenters. The van der Waals surface area contributed by atoms with E-state index >= 15 is 0 Å². The van der Waals surface area contributed by atoms with Gasteiger partial charge in [-0.3, -0.25) is 4.98 Å². The molecule has 0 radical (unpaired) electrons. The van der Waals surface area contributed by atoms with Gasteiger partial charge in [0.25, 0.3) is 6.43 Å². The zero-order chi connectivity index (χ0) is 13.2. The Morgan fingerprint density at radius 1 is 1.41 bits per heavy atom. The van der Waals surface area contributed by atoms with E-state index < -0.39 is 29.4 Å². The van der Waals surface area contributed by atoms with E-state index in [4.69, 9.17) is 5.26 Å². The molecule has 92 valence electrons. The van der Waals surface area contributed by atoms with Gasteiger partial charge in [0.15, 0.2) is 0 Å². The summed E-state index contributed by atoms with van der Waals surface area (Å²) in [5, 5.41) is 8.58.